The number of halogens is 1. The number of aliphatic hydroxyl groups is 4. The van der Waals surface area contributed by atoms with E-state index >= 15 is 0 Å². The van der Waals surface area contributed by atoms with Gasteiger partial charge in [-0.1, -0.05) is 35.9 Å². The van der Waals surface area contributed by atoms with Crippen molar-refractivity contribution in [2.75, 3.05) is 19.8 Å². The van der Waals surface area contributed by atoms with Crippen molar-refractivity contribution < 1.29 is 34.6 Å². The molecule has 0 bridgehead atoms. The first-order valence-electron chi connectivity index (χ1n) is 12.3. The van der Waals surface area contributed by atoms with E-state index in [4.69, 9.17) is 25.8 Å². The SMILES string of the molecule is OCC1O[C@@H](c2ccc(Cl)c(Cc3ccc(OC4CC5(CCOCC5)C4)cc3)c2)[C@H](O)C(O)[C@@H]1O. The summed E-state index contributed by atoms with van der Waals surface area (Å²) in [5.41, 5.74) is 2.94. The fraction of sp³-hybridized carbons (Fsp3) is 0.556. The standard InChI is InChI=1S/C27H33ClO7/c28-21-6-3-17(26-25(32)24(31)23(30)22(15-29)35-26)12-18(21)11-16-1-4-19(5-2-16)34-20-13-27(14-20)7-9-33-10-8-27/h1-6,12,20,22-26,29-32H,7-11,13-15H2/t22?,23-,24?,25-,26+/m1/s1. The van der Waals surface area contributed by atoms with Crippen LogP contribution in [-0.2, 0) is 15.9 Å². The summed E-state index contributed by atoms with van der Waals surface area (Å²) in [7, 11) is 0. The minimum absolute atomic E-state index is 0.267. The molecule has 2 aromatic rings. The summed E-state index contributed by atoms with van der Waals surface area (Å²) in [6.07, 6.45) is -0.692. The first-order chi connectivity index (χ1) is 16.9. The molecule has 2 heterocycles. The highest BCUT2D eigenvalue weighted by molar-refractivity contribution is 6.31. The van der Waals surface area contributed by atoms with Gasteiger partial charge in [0.05, 0.1) is 12.7 Å². The summed E-state index contributed by atoms with van der Waals surface area (Å²) in [5.74, 6) is 0.863. The molecule has 2 unspecified atom stereocenters. The fourth-order valence-corrected chi connectivity index (χ4v) is 5.77. The van der Waals surface area contributed by atoms with Crippen LogP contribution in [0.15, 0.2) is 42.5 Å². The largest absolute Gasteiger partial charge is 0.490 e. The number of hydrogen-bond donors (Lipinski definition) is 4. The molecule has 4 N–H and O–H groups in total. The first-order valence-corrected chi connectivity index (χ1v) is 12.7. The van der Waals surface area contributed by atoms with E-state index in [1.807, 2.05) is 30.3 Å². The Balaban J connectivity index is 1.23. The van der Waals surface area contributed by atoms with E-state index < -0.39 is 37.1 Å². The fourth-order valence-electron chi connectivity index (χ4n) is 5.58. The summed E-state index contributed by atoms with van der Waals surface area (Å²) in [6, 6.07) is 13.3. The molecule has 2 aliphatic heterocycles. The molecule has 5 rings (SSSR count). The molecule has 2 aromatic carbocycles. The Morgan fingerprint density at radius 2 is 1.66 bits per heavy atom. The molecule has 190 valence electrons. The van der Waals surface area contributed by atoms with Crippen molar-refractivity contribution in [1.82, 2.24) is 0 Å². The summed E-state index contributed by atoms with van der Waals surface area (Å²) >= 11 is 6.46. The quantitative estimate of drug-likeness (QED) is 0.479. The summed E-state index contributed by atoms with van der Waals surface area (Å²) in [5, 5.41) is 40.7. The molecule has 5 atom stereocenters. The lowest BCUT2D eigenvalue weighted by Crippen LogP contribution is -2.55. The van der Waals surface area contributed by atoms with Crippen LogP contribution < -0.4 is 4.74 Å². The lowest BCUT2D eigenvalue weighted by molar-refractivity contribution is -0.231. The zero-order valence-corrected chi connectivity index (χ0v) is 20.3. The minimum atomic E-state index is -1.42. The predicted octanol–water partition coefficient (Wildman–Crippen LogP) is 2.78. The molecule has 1 aliphatic carbocycles. The maximum absolute atomic E-state index is 10.5. The highest BCUT2D eigenvalue weighted by Crippen LogP contribution is 2.50. The predicted molar refractivity (Wildman–Crippen MR) is 130 cm³/mol. The molecule has 0 amide bonds. The van der Waals surface area contributed by atoms with E-state index in [9.17, 15) is 20.4 Å². The van der Waals surface area contributed by atoms with Crippen LogP contribution in [-0.4, -0.2) is 70.8 Å². The van der Waals surface area contributed by atoms with Gasteiger partial charge in [-0.15, -0.1) is 0 Å². The van der Waals surface area contributed by atoms with Gasteiger partial charge in [0.25, 0.3) is 0 Å². The van der Waals surface area contributed by atoms with Crippen LogP contribution in [0, 0.1) is 5.41 Å². The zero-order chi connectivity index (χ0) is 24.6. The Kier molecular flexibility index (Phi) is 7.38. The molecule has 35 heavy (non-hydrogen) atoms. The Morgan fingerprint density at radius 3 is 2.34 bits per heavy atom. The van der Waals surface area contributed by atoms with Gasteiger partial charge in [-0.25, -0.2) is 0 Å². The van der Waals surface area contributed by atoms with Crippen molar-refractivity contribution in [2.24, 2.45) is 5.41 Å². The van der Waals surface area contributed by atoms with Gasteiger partial charge in [0, 0.05) is 18.2 Å². The summed E-state index contributed by atoms with van der Waals surface area (Å²) in [4.78, 5) is 0. The van der Waals surface area contributed by atoms with Crippen molar-refractivity contribution in [3.05, 3.63) is 64.2 Å². The molecule has 3 aliphatic rings. The smallest absolute Gasteiger partial charge is 0.119 e. The number of aliphatic hydroxyl groups excluding tert-OH is 4. The van der Waals surface area contributed by atoms with E-state index in [1.165, 1.54) is 0 Å². The van der Waals surface area contributed by atoms with Crippen molar-refractivity contribution in [2.45, 2.75) is 68.7 Å². The van der Waals surface area contributed by atoms with Crippen LogP contribution in [0.2, 0.25) is 5.02 Å². The molecule has 8 heteroatoms. The van der Waals surface area contributed by atoms with Crippen molar-refractivity contribution in [1.29, 1.82) is 0 Å². The Morgan fingerprint density at radius 1 is 0.943 bits per heavy atom. The molecule has 0 radical (unpaired) electrons. The average Bonchev–Trinajstić information content (AvgIpc) is 2.85. The maximum atomic E-state index is 10.5. The van der Waals surface area contributed by atoms with E-state index in [1.54, 1.807) is 12.1 Å². The van der Waals surface area contributed by atoms with Crippen LogP contribution in [0.5, 0.6) is 5.75 Å². The van der Waals surface area contributed by atoms with E-state index in [0.717, 1.165) is 55.8 Å². The van der Waals surface area contributed by atoms with Crippen molar-refractivity contribution in [3.8, 4) is 5.75 Å². The second-order valence-corrected chi connectivity index (χ2v) is 10.6. The monoisotopic (exact) mass is 504 g/mol. The molecule has 0 aromatic heterocycles. The normalized spacial score (nSPS) is 30.7. The van der Waals surface area contributed by atoms with Crippen LogP contribution in [0.25, 0.3) is 0 Å². The second kappa shape index (κ2) is 10.3. The van der Waals surface area contributed by atoms with Crippen LogP contribution in [0.3, 0.4) is 0 Å². The Hall–Kier alpha value is -1.71. The number of rotatable bonds is 6. The third-order valence-corrected chi connectivity index (χ3v) is 8.15. The van der Waals surface area contributed by atoms with Crippen molar-refractivity contribution >= 4 is 11.6 Å². The summed E-state index contributed by atoms with van der Waals surface area (Å²) < 4.78 is 17.4. The van der Waals surface area contributed by atoms with Gasteiger partial charge in [0.2, 0.25) is 0 Å². The van der Waals surface area contributed by atoms with Gasteiger partial charge < -0.3 is 34.6 Å². The van der Waals surface area contributed by atoms with Gasteiger partial charge in [0.1, 0.15) is 36.3 Å². The van der Waals surface area contributed by atoms with E-state index in [0.29, 0.717) is 22.4 Å². The topological polar surface area (TPSA) is 109 Å². The maximum Gasteiger partial charge on any atom is 0.119 e. The molecular weight excluding hydrogens is 472 g/mol. The van der Waals surface area contributed by atoms with Gasteiger partial charge in [-0.2, -0.15) is 0 Å². The highest BCUT2D eigenvalue weighted by Gasteiger charge is 2.46. The van der Waals surface area contributed by atoms with Gasteiger partial charge in [-0.3, -0.25) is 0 Å². The Bertz CT molecular complexity index is 997. The minimum Gasteiger partial charge on any atom is -0.490 e. The third-order valence-electron chi connectivity index (χ3n) is 7.79. The molecular formula is C27H33ClO7. The molecule has 3 fully saturated rings. The van der Waals surface area contributed by atoms with Crippen LogP contribution >= 0.6 is 11.6 Å². The lowest BCUT2D eigenvalue weighted by atomic mass is 9.62. The third kappa shape index (κ3) is 5.23. The van der Waals surface area contributed by atoms with Gasteiger partial charge in [-0.05, 0) is 72.4 Å². The van der Waals surface area contributed by atoms with Crippen molar-refractivity contribution in [3.63, 3.8) is 0 Å². The molecule has 7 nitrogen and oxygen atoms in total. The van der Waals surface area contributed by atoms with Crippen LogP contribution in [0.4, 0.5) is 0 Å². The van der Waals surface area contributed by atoms with Gasteiger partial charge in [0.15, 0.2) is 0 Å². The van der Waals surface area contributed by atoms with Crippen LogP contribution in [0.1, 0.15) is 48.5 Å². The molecule has 1 spiro atoms. The number of benzene rings is 2. The lowest BCUT2D eigenvalue weighted by Gasteiger charge is -2.49. The summed E-state index contributed by atoms with van der Waals surface area (Å²) in [6.45, 7) is 1.26. The van der Waals surface area contributed by atoms with E-state index in [2.05, 4.69) is 0 Å². The number of ether oxygens (including phenoxy) is 3. The highest BCUT2D eigenvalue weighted by atomic mass is 35.5. The zero-order valence-electron chi connectivity index (χ0n) is 19.6. The molecule has 1 saturated carbocycles. The first kappa shape index (κ1) is 25.0. The Labute approximate surface area is 210 Å². The molecule has 2 saturated heterocycles. The average molecular weight is 505 g/mol. The second-order valence-electron chi connectivity index (χ2n) is 10.2. The number of hydrogen-bond acceptors (Lipinski definition) is 7. The van der Waals surface area contributed by atoms with E-state index in [-0.39, 0.29) is 6.10 Å². The van der Waals surface area contributed by atoms with Gasteiger partial charge >= 0.3 is 0 Å².